The summed E-state index contributed by atoms with van der Waals surface area (Å²) in [7, 11) is 0. The van der Waals surface area contributed by atoms with Crippen LogP contribution in [0, 0.1) is 13.8 Å². The Morgan fingerprint density at radius 3 is 1.76 bits per heavy atom. The molecule has 120 valence electrons. The first kappa shape index (κ1) is 14.8. The SMILES string of the molecule is C=Cc1cc2c3c(c1)Cc1cccc(C)c1B3c1c(C)cccc1C2. The van der Waals surface area contributed by atoms with E-state index in [2.05, 4.69) is 69.0 Å². The minimum Gasteiger partial charge on any atom is -0.0985 e. The van der Waals surface area contributed by atoms with Crippen LogP contribution in [-0.4, -0.2) is 6.71 Å². The molecular formula is C24H21B. The zero-order chi connectivity index (χ0) is 17.1. The van der Waals surface area contributed by atoms with Gasteiger partial charge in [-0.15, -0.1) is 0 Å². The van der Waals surface area contributed by atoms with Crippen LogP contribution in [0.25, 0.3) is 6.08 Å². The number of fused-ring (bicyclic) bond motifs is 4. The predicted molar refractivity (Wildman–Crippen MR) is 109 cm³/mol. The Morgan fingerprint density at radius 1 is 0.760 bits per heavy atom. The molecule has 0 spiro atoms. The van der Waals surface area contributed by atoms with Gasteiger partial charge in [-0.25, -0.2) is 0 Å². The van der Waals surface area contributed by atoms with Crippen molar-refractivity contribution in [2.24, 2.45) is 0 Å². The minimum absolute atomic E-state index is 0.388. The maximum atomic E-state index is 4.01. The molecule has 1 heteroatoms. The van der Waals surface area contributed by atoms with Crippen LogP contribution in [0.15, 0.2) is 55.1 Å². The second kappa shape index (κ2) is 5.23. The third-order valence-electron chi connectivity index (χ3n) is 6.07. The average Bonchev–Trinajstić information content (AvgIpc) is 2.61. The highest BCUT2D eigenvalue weighted by Gasteiger charge is 2.38. The Labute approximate surface area is 150 Å². The molecule has 0 radical (unpaired) electrons. The van der Waals surface area contributed by atoms with E-state index < -0.39 is 0 Å². The van der Waals surface area contributed by atoms with E-state index in [4.69, 9.17) is 0 Å². The Kier molecular flexibility index (Phi) is 3.09. The fourth-order valence-corrected chi connectivity index (χ4v) is 5.05. The van der Waals surface area contributed by atoms with E-state index >= 15 is 0 Å². The minimum atomic E-state index is 0.388. The molecule has 0 saturated carbocycles. The number of hydrogen-bond donors (Lipinski definition) is 0. The highest BCUT2D eigenvalue weighted by Crippen LogP contribution is 2.25. The van der Waals surface area contributed by atoms with Gasteiger partial charge in [-0.1, -0.05) is 88.7 Å². The fourth-order valence-electron chi connectivity index (χ4n) is 5.05. The lowest BCUT2D eigenvalue weighted by molar-refractivity contribution is 1.13. The van der Waals surface area contributed by atoms with Gasteiger partial charge in [-0.05, 0) is 54.5 Å². The monoisotopic (exact) mass is 320 g/mol. The molecule has 0 bridgehead atoms. The van der Waals surface area contributed by atoms with Crippen LogP contribution in [-0.2, 0) is 12.8 Å². The van der Waals surface area contributed by atoms with E-state index in [9.17, 15) is 0 Å². The van der Waals surface area contributed by atoms with Gasteiger partial charge in [0.25, 0.3) is 0 Å². The number of aryl methyl sites for hydroxylation is 2. The van der Waals surface area contributed by atoms with Gasteiger partial charge in [0, 0.05) is 0 Å². The van der Waals surface area contributed by atoms with E-state index in [1.165, 1.54) is 49.9 Å². The van der Waals surface area contributed by atoms with Crippen LogP contribution < -0.4 is 16.4 Å². The molecule has 0 unspecified atom stereocenters. The van der Waals surface area contributed by atoms with Gasteiger partial charge in [0.15, 0.2) is 0 Å². The van der Waals surface area contributed by atoms with E-state index in [0.717, 1.165) is 12.8 Å². The molecule has 25 heavy (non-hydrogen) atoms. The lowest BCUT2D eigenvalue weighted by atomic mass is 9.29. The third-order valence-corrected chi connectivity index (χ3v) is 6.07. The summed E-state index contributed by atoms with van der Waals surface area (Å²) in [5.74, 6) is 0. The quantitative estimate of drug-likeness (QED) is 0.416. The van der Waals surface area contributed by atoms with Crippen LogP contribution >= 0.6 is 0 Å². The van der Waals surface area contributed by atoms with Crippen LogP contribution in [0.1, 0.15) is 38.9 Å². The van der Waals surface area contributed by atoms with Gasteiger partial charge in [-0.3, -0.25) is 0 Å². The van der Waals surface area contributed by atoms with Crippen molar-refractivity contribution >= 4 is 29.2 Å². The van der Waals surface area contributed by atoms with Crippen molar-refractivity contribution in [2.45, 2.75) is 26.7 Å². The van der Waals surface area contributed by atoms with Crippen molar-refractivity contribution in [1.82, 2.24) is 0 Å². The van der Waals surface area contributed by atoms with Crippen LogP contribution in [0.5, 0.6) is 0 Å². The first-order valence-electron chi connectivity index (χ1n) is 9.12. The zero-order valence-corrected chi connectivity index (χ0v) is 14.9. The lowest BCUT2D eigenvalue weighted by Crippen LogP contribution is -2.62. The first-order valence-corrected chi connectivity index (χ1v) is 9.12. The summed E-state index contributed by atoms with van der Waals surface area (Å²) in [6.07, 6.45) is 4.07. The number of benzene rings is 3. The molecule has 3 aromatic rings. The summed E-state index contributed by atoms with van der Waals surface area (Å²) in [5, 5.41) is 0. The molecule has 0 aliphatic carbocycles. The lowest BCUT2D eigenvalue weighted by Gasteiger charge is -2.36. The summed E-state index contributed by atoms with van der Waals surface area (Å²) >= 11 is 0. The topological polar surface area (TPSA) is 0 Å². The molecule has 0 saturated heterocycles. The Bertz CT molecular complexity index is 965. The maximum absolute atomic E-state index is 4.01. The summed E-state index contributed by atoms with van der Waals surface area (Å²) in [6.45, 7) is 8.94. The standard InChI is InChI=1S/C24H21B/c1-4-17-11-20-13-18-9-5-7-15(2)22(18)25-23-16(3)8-6-10-19(23)14-21(12-17)24(20)25/h4-12H,1,13-14H2,2-3H3. The van der Waals surface area contributed by atoms with Crippen LogP contribution in [0.2, 0.25) is 0 Å². The first-order chi connectivity index (χ1) is 12.2. The van der Waals surface area contributed by atoms with Crippen molar-refractivity contribution in [2.75, 3.05) is 0 Å². The smallest absolute Gasteiger partial charge is 0.0985 e. The molecule has 2 aliphatic rings. The highest BCUT2D eigenvalue weighted by atomic mass is 14.2. The second-order valence-electron chi connectivity index (χ2n) is 7.54. The van der Waals surface area contributed by atoms with Crippen molar-refractivity contribution in [3.63, 3.8) is 0 Å². The van der Waals surface area contributed by atoms with Gasteiger partial charge in [0.1, 0.15) is 0 Å². The van der Waals surface area contributed by atoms with E-state index in [0.29, 0.717) is 6.71 Å². The summed E-state index contributed by atoms with van der Waals surface area (Å²) in [4.78, 5) is 0. The van der Waals surface area contributed by atoms with Crippen molar-refractivity contribution in [3.8, 4) is 0 Å². The van der Waals surface area contributed by atoms with Crippen molar-refractivity contribution in [1.29, 1.82) is 0 Å². The molecule has 0 N–H and O–H groups in total. The molecule has 0 amide bonds. The van der Waals surface area contributed by atoms with Gasteiger partial charge >= 0.3 is 0 Å². The van der Waals surface area contributed by atoms with Gasteiger partial charge in [0.05, 0.1) is 0 Å². The highest BCUT2D eigenvalue weighted by molar-refractivity contribution is 6.97. The van der Waals surface area contributed by atoms with Crippen LogP contribution in [0.3, 0.4) is 0 Å². The third kappa shape index (κ3) is 2.02. The molecule has 5 rings (SSSR count). The number of hydrogen-bond acceptors (Lipinski definition) is 0. The molecule has 2 aliphatic heterocycles. The Hall–Kier alpha value is -2.54. The normalized spacial score (nSPS) is 13.8. The average molecular weight is 320 g/mol. The molecule has 0 atom stereocenters. The molecule has 3 aromatic carbocycles. The molecule has 0 nitrogen and oxygen atoms in total. The van der Waals surface area contributed by atoms with Gasteiger partial charge in [-0.2, -0.15) is 0 Å². The molecule has 2 heterocycles. The zero-order valence-electron chi connectivity index (χ0n) is 14.9. The predicted octanol–water partition coefficient (Wildman–Crippen LogP) is 3.27. The molecule has 0 aromatic heterocycles. The summed E-state index contributed by atoms with van der Waals surface area (Å²) < 4.78 is 0. The summed E-state index contributed by atoms with van der Waals surface area (Å²) in [5.41, 5.74) is 14.7. The van der Waals surface area contributed by atoms with Gasteiger partial charge < -0.3 is 0 Å². The maximum Gasteiger partial charge on any atom is 0.243 e. The van der Waals surface area contributed by atoms with E-state index in [-0.39, 0.29) is 0 Å². The molecule has 0 fully saturated rings. The van der Waals surface area contributed by atoms with E-state index in [1.807, 2.05) is 6.08 Å². The number of rotatable bonds is 1. The second-order valence-corrected chi connectivity index (χ2v) is 7.54. The Morgan fingerprint density at radius 2 is 1.28 bits per heavy atom. The Balaban J connectivity index is 1.90. The van der Waals surface area contributed by atoms with Crippen molar-refractivity contribution in [3.05, 3.63) is 94.1 Å². The van der Waals surface area contributed by atoms with Crippen molar-refractivity contribution < 1.29 is 0 Å². The van der Waals surface area contributed by atoms with Gasteiger partial charge in [0.2, 0.25) is 6.71 Å². The largest absolute Gasteiger partial charge is 0.243 e. The fraction of sp³-hybridized carbons (Fsp3) is 0.167. The van der Waals surface area contributed by atoms with E-state index in [1.54, 1.807) is 5.46 Å². The molecular weight excluding hydrogens is 299 g/mol. The van der Waals surface area contributed by atoms with Crippen LogP contribution in [0.4, 0.5) is 0 Å². The summed E-state index contributed by atoms with van der Waals surface area (Å²) in [6, 6.07) is 18.3.